The summed E-state index contributed by atoms with van der Waals surface area (Å²) in [6.07, 6.45) is 1.51. The third kappa shape index (κ3) is 3.98. The van der Waals surface area contributed by atoms with Gasteiger partial charge >= 0.3 is 6.09 Å². The fourth-order valence-electron chi connectivity index (χ4n) is 1.58. The van der Waals surface area contributed by atoms with E-state index in [1.807, 2.05) is 20.8 Å². The van der Waals surface area contributed by atoms with Crippen LogP contribution in [0, 0.1) is 5.92 Å². The maximum absolute atomic E-state index is 11.4. The second-order valence-electron chi connectivity index (χ2n) is 5.00. The van der Waals surface area contributed by atoms with E-state index in [2.05, 4.69) is 15.3 Å². The van der Waals surface area contributed by atoms with Crippen molar-refractivity contribution in [1.82, 2.24) is 5.32 Å². The predicted octanol–water partition coefficient (Wildman–Crippen LogP) is 2.60. The van der Waals surface area contributed by atoms with E-state index in [-0.39, 0.29) is 12.0 Å². The Morgan fingerprint density at radius 1 is 1.56 bits per heavy atom. The van der Waals surface area contributed by atoms with Gasteiger partial charge in [0.15, 0.2) is 0 Å². The average molecular weight is 226 g/mol. The lowest BCUT2D eigenvalue weighted by atomic mass is 9.80. The van der Waals surface area contributed by atoms with Gasteiger partial charge in [0.1, 0.15) is 5.60 Å². The number of carbonyl (C=O) groups excluding carboxylic acids is 1. The van der Waals surface area contributed by atoms with E-state index in [0.29, 0.717) is 6.54 Å². The molecule has 0 bridgehead atoms. The Kier molecular flexibility index (Phi) is 4.01. The van der Waals surface area contributed by atoms with Crippen molar-refractivity contribution in [1.29, 1.82) is 0 Å². The molecular formula is C10H18N4O2. The van der Waals surface area contributed by atoms with Crippen molar-refractivity contribution < 1.29 is 9.53 Å². The van der Waals surface area contributed by atoms with Gasteiger partial charge in [-0.2, -0.15) is 0 Å². The van der Waals surface area contributed by atoms with Gasteiger partial charge in [-0.1, -0.05) is 5.11 Å². The van der Waals surface area contributed by atoms with Gasteiger partial charge < -0.3 is 10.1 Å². The van der Waals surface area contributed by atoms with E-state index in [0.717, 1.165) is 12.8 Å². The third-order valence-electron chi connectivity index (χ3n) is 2.50. The second-order valence-corrected chi connectivity index (χ2v) is 5.00. The maximum Gasteiger partial charge on any atom is 0.407 e. The highest BCUT2D eigenvalue weighted by Gasteiger charge is 2.32. The highest BCUT2D eigenvalue weighted by atomic mass is 16.6. The van der Waals surface area contributed by atoms with Crippen molar-refractivity contribution in [3.63, 3.8) is 0 Å². The van der Waals surface area contributed by atoms with Gasteiger partial charge in [-0.3, -0.25) is 0 Å². The van der Waals surface area contributed by atoms with Crippen LogP contribution in [-0.2, 0) is 4.74 Å². The van der Waals surface area contributed by atoms with Crippen molar-refractivity contribution in [3.8, 4) is 0 Å². The number of alkyl carbamates (subject to hydrolysis) is 1. The number of carbonyl (C=O) groups is 1. The van der Waals surface area contributed by atoms with Gasteiger partial charge in [-0.05, 0) is 45.1 Å². The highest BCUT2D eigenvalue weighted by molar-refractivity contribution is 5.68. The van der Waals surface area contributed by atoms with Crippen molar-refractivity contribution in [2.45, 2.75) is 45.3 Å². The molecule has 1 amide bonds. The zero-order valence-electron chi connectivity index (χ0n) is 9.93. The molecule has 0 heterocycles. The van der Waals surface area contributed by atoms with E-state index in [1.165, 1.54) is 0 Å². The fourth-order valence-corrected chi connectivity index (χ4v) is 1.58. The summed E-state index contributed by atoms with van der Waals surface area (Å²) in [6.45, 7) is 5.91. The van der Waals surface area contributed by atoms with Crippen molar-refractivity contribution >= 4 is 6.09 Å². The molecule has 0 aliphatic heterocycles. The molecule has 16 heavy (non-hydrogen) atoms. The molecule has 0 aromatic heterocycles. The topological polar surface area (TPSA) is 87.1 Å². The summed E-state index contributed by atoms with van der Waals surface area (Å²) in [5.41, 5.74) is 7.72. The van der Waals surface area contributed by atoms with Crippen LogP contribution >= 0.6 is 0 Å². The quantitative estimate of drug-likeness (QED) is 0.455. The normalized spacial score (nSPS) is 23.9. The zero-order valence-corrected chi connectivity index (χ0v) is 9.93. The Balaban J connectivity index is 2.32. The summed E-state index contributed by atoms with van der Waals surface area (Å²) < 4.78 is 5.14. The molecular weight excluding hydrogens is 208 g/mol. The van der Waals surface area contributed by atoms with E-state index in [9.17, 15) is 4.79 Å². The number of amides is 1. The first kappa shape index (κ1) is 12.6. The largest absolute Gasteiger partial charge is 0.444 e. The summed E-state index contributed by atoms with van der Waals surface area (Å²) in [7, 11) is 0. The molecule has 0 radical (unpaired) electrons. The van der Waals surface area contributed by atoms with Crippen LogP contribution in [0.3, 0.4) is 0 Å². The van der Waals surface area contributed by atoms with Gasteiger partial charge in [-0.15, -0.1) is 0 Å². The van der Waals surface area contributed by atoms with E-state index in [1.54, 1.807) is 0 Å². The molecule has 2 atom stereocenters. The summed E-state index contributed by atoms with van der Waals surface area (Å²) in [6, 6.07) is 0.0837. The smallest absolute Gasteiger partial charge is 0.407 e. The van der Waals surface area contributed by atoms with Gasteiger partial charge in [0.05, 0.1) is 0 Å². The Bertz CT molecular complexity index is 304. The Labute approximate surface area is 95.0 Å². The molecule has 0 saturated heterocycles. The summed E-state index contributed by atoms with van der Waals surface area (Å²) >= 11 is 0. The minimum Gasteiger partial charge on any atom is -0.444 e. The number of hydrogen-bond acceptors (Lipinski definition) is 3. The van der Waals surface area contributed by atoms with Crippen LogP contribution in [0.15, 0.2) is 5.11 Å². The molecule has 6 nitrogen and oxygen atoms in total. The van der Waals surface area contributed by atoms with E-state index in [4.69, 9.17) is 10.3 Å². The molecule has 1 rings (SSSR count). The van der Waals surface area contributed by atoms with Crippen LogP contribution in [0.5, 0.6) is 0 Å². The van der Waals surface area contributed by atoms with Gasteiger partial charge in [0.25, 0.3) is 0 Å². The van der Waals surface area contributed by atoms with E-state index < -0.39 is 11.7 Å². The molecule has 6 heteroatoms. The van der Waals surface area contributed by atoms with Crippen LogP contribution in [-0.4, -0.2) is 24.3 Å². The van der Waals surface area contributed by atoms with Crippen molar-refractivity contribution in [2.75, 3.05) is 6.54 Å². The zero-order chi connectivity index (χ0) is 12.2. The number of hydrogen-bond donors (Lipinski definition) is 1. The first-order valence-corrected chi connectivity index (χ1v) is 5.43. The standard InChI is InChI=1S/C10H18N4O2/c1-10(2,3)16-9(15)13-8-5-4-7(8)6-12-14-11/h7-8H,4-6H2,1-3H3,(H,13,15)/t7-,8+/m1/s1. The van der Waals surface area contributed by atoms with E-state index >= 15 is 0 Å². The molecule has 0 aromatic carbocycles. The van der Waals surface area contributed by atoms with Crippen LogP contribution in [0.2, 0.25) is 0 Å². The number of nitrogens with zero attached hydrogens (tertiary/aromatic N) is 3. The molecule has 1 saturated carbocycles. The summed E-state index contributed by atoms with van der Waals surface area (Å²) in [5, 5.41) is 6.30. The third-order valence-corrected chi connectivity index (χ3v) is 2.50. The Hall–Kier alpha value is -1.42. The lowest BCUT2D eigenvalue weighted by Gasteiger charge is -2.36. The monoisotopic (exact) mass is 226 g/mol. The predicted molar refractivity (Wildman–Crippen MR) is 59.9 cm³/mol. The van der Waals surface area contributed by atoms with Crippen LogP contribution in [0.1, 0.15) is 33.6 Å². The van der Waals surface area contributed by atoms with Crippen LogP contribution in [0.25, 0.3) is 10.4 Å². The molecule has 1 aliphatic carbocycles. The number of rotatable bonds is 3. The molecule has 1 aliphatic rings. The lowest BCUT2D eigenvalue weighted by molar-refractivity contribution is 0.0441. The van der Waals surface area contributed by atoms with Crippen LogP contribution < -0.4 is 5.32 Å². The summed E-state index contributed by atoms with van der Waals surface area (Å²) in [5.74, 6) is 0.253. The molecule has 1 N–H and O–H groups in total. The molecule has 1 fully saturated rings. The van der Waals surface area contributed by atoms with Crippen molar-refractivity contribution in [3.05, 3.63) is 10.4 Å². The Morgan fingerprint density at radius 3 is 2.69 bits per heavy atom. The maximum atomic E-state index is 11.4. The molecule has 0 aromatic rings. The highest BCUT2D eigenvalue weighted by Crippen LogP contribution is 2.28. The SMILES string of the molecule is CC(C)(C)OC(=O)N[C@H]1CC[C@@H]1CN=[N+]=[N-]. The number of nitrogens with one attached hydrogen (secondary N) is 1. The fraction of sp³-hybridized carbons (Fsp3) is 0.900. The number of azide groups is 1. The lowest BCUT2D eigenvalue weighted by Crippen LogP contribution is -2.49. The molecule has 90 valence electrons. The second kappa shape index (κ2) is 5.07. The summed E-state index contributed by atoms with van der Waals surface area (Å²) in [4.78, 5) is 14.2. The molecule has 0 spiro atoms. The Morgan fingerprint density at radius 2 is 2.25 bits per heavy atom. The minimum absolute atomic E-state index is 0.0837. The van der Waals surface area contributed by atoms with Crippen LogP contribution in [0.4, 0.5) is 4.79 Å². The first-order chi connectivity index (χ1) is 7.42. The van der Waals surface area contributed by atoms with Crippen molar-refractivity contribution in [2.24, 2.45) is 11.0 Å². The van der Waals surface area contributed by atoms with Gasteiger partial charge in [0, 0.05) is 17.5 Å². The van der Waals surface area contributed by atoms with Gasteiger partial charge in [-0.25, -0.2) is 4.79 Å². The first-order valence-electron chi connectivity index (χ1n) is 5.43. The minimum atomic E-state index is -0.478. The molecule has 0 unspecified atom stereocenters. The number of ether oxygens (including phenoxy) is 1. The van der Waals surface area contributed by atoms with Gasteiger partial charge in [0.2, 0.25) is 0 Å². The average Bonchev–Trinajstić information content (AvgIpc) is 2.10.